The molecular formula is C30H29F3N8O2. The van der Waals surface area contributed by atoms with Crippen molar-refractivity contribution in [2.24, 2.45) is 7.05 Å². The van der Waals surface area contributed by atoms with Gasteiger partial charge in [-0.05, 0) is 59.9 Å². The number of hydrogen-bond acceptors (Lipinski definition) is 7. The number of nitrogens with zero attached hydrogens (tertiary/aromatic N) is 7. The summed E-state index contributed by atoms with van der Waals surface area (Å²) in [4.78, 5) is 18.4. The standard InChI is InChI=1S/C30H27F3N8O2.H2/c1-39-17-36-38-28(39)23-9-18(13-34)3-6-22(23)21-11-25(20-4-5-20)37-27(12-21)41-16-26-24(30(31,32)33)10-19(14-35-7-8-43-2)15-40(26)29(41)42;/h3,6,9-12,15-17,20,35H,4-5,7-8,14H2,1-2H3;1H. The molecule has 0 radical (unpaired) electrons. The van der Waals surface area contributed by atoms with E-state index in [1.165, 1.54) is 19.5 Å². The van der Waals surface area contributed by atoms with Crippen molar-refractivity contribution in [1.29, 1.82) is 5.26 Å². The van der Waals surface area contributed by atoms with E-state index in [1.807, 2.05) is 6.07 Å². The Morgan fingerprint density at radius 1 is 1.16 bits per heavy atom. The molecule has 4 heterocycles. The molecule has 0 saturated heterocycles. The van der Waals surface area contributed by atoms with Crippen LogP contribution in [0.2, 0.25) is 0 Å². The van der Waals surface area contributed by atoms with Gasteiger partial charge in [0.15, 0.2) is 5.82 Å². The molecule has 0 spiro atoms. The number of alkyl halides is 3. The highest BCUT2D eigenvalue weighted by Crippen LogP contribution is 2.42. The summed E-state index contributed by atoms with van der Waals surface area (Å²) in [5, 5.41) is 20.8. The molecule has 222 valence electrons. The SMILES string of the molecule is COCCNCc1cc(C(F)(F)F)c2cn(-c3cc(-c4ccc(C#N)cc4-c4nncn4C)cc(C4CC4)n3)c(=O)n2c1.[HH]. The molecule has 1 fully saturated rings. The minimum absolute atomic E-state index is 0. The van der Waals surface area contributed by atoms with Gasteiger partial charge in [-0.2, -0.15) is 18.4 Å². The third-order valence-corrected chi connectivity index (χ3v) is 7.43. The van der Waals surface area contributed by atoms with Crippen LogP contribution in [-0.2, 0) is 24.5 Å². The van der Waals surface area contributed by atoms with E-state index in [0.29, 0.717) is 41.2 Å². The first-order valence-electron chi connectivity index (χ1n) is 13.6. The van der Waals surface area contributed by atoms with Crippen LogP contribution < -0.4 is 11.0 Å². The summed E-state index contributed by atoms with van der Waals surface area (Å²) in [6.07, 6.45) is 1.32. The van der Waals surface area contributed by atoms with Crippen LogP contribution in [-0.4, -0.2) is 49.0 Å². The number of fused-ring (bicyclic) bond motifs is 1. The Morgan fingerprint density at radius 3 is 2.65 bits per heavy atom. The fourth-order valence-corrected chi connectivity index (χ4v) is 5.12. The Morgan fingerprint density at radius 2 is 1.98 bits per heavy atom. The number of methoxy groups -OCH3 is 1. The van der Waals surface area contributed by atoms with Gasteiger partial charge in [-0.15, -0.1) is 10.2 Å². The molecule has 43 heavy (non-hydrogen) atoms. The Bertz CT molecular complexity index is 1940. The van der Waals surface area contributed by atoms with Gasteiger partial charge in [-0.25, -0.2) is 9.78 Å². The van der Waals surface area contributed by atoms with Crippen molar-refractivity contribution in [3.63, 3.8) is 0 Å². The van der Waals surface area contributed by atoms with Gasteiger partial charge in [0, 0.05) is 58.2 Å². The fraction of sp³-hybridized carbons (Fsp3) is 0.300. The van der Waals surface area contributed by atoms with Crippen LogP contribution in [0.4, 0.5) is 13.2 Å². The minimum Gasteiger partial charge on any atom is -0.383 e. The van der Waals surface area contributed by atoms with Crippen LogP contribution in [0, 0.1) is 11.3 Å². The summed E-state index contributed by atoms with van der Waals surface area (Å²) in [7, 11) is 3.32. The van der Waals surface area contributed by atoms with E-state index in [4.69, 9.17) is 9.72 Å². The van der Waals surface area contributed by atoms with Gasteiger partial charge in [0.25, 0.3) is 0 Å². The number of benzene rings is 1. The number of aryl methyl sites for hydroxylation is 1. The van der Waals surface area contributed by atoms with Crippen LogP contribution in [0.1, 0.15) is 42.6 Å². The van der Waals surface area contributed by atoms with Crippen molar-refractivity contribution in [3.05, 3.63) is 88.0 Å². The summed E-state index contributed by atoms with van der Waals surface area (Å²) >= 11 is 0. The molecule has 4 aromatic heterocycles. The average Bonchev–Trinajstić information content (AvgIpc) is 3.68. The monoisotopic (exact) mass is 590 g/mol. The summed E-state index contributed by atoms with van der Waals surface area (Å²) in [5.41, 5.74) is 1.69. The lowest BCUT2D eigenvalue weighted by Gasteiger charge is -2.13. The van der Waals surface area contributed by atoms with E-state index in [0.717, 1.165) is 39.1 Å². The molecule has 0 amide bonds. The zero-order valence-corrected chi connectivity index (χ0v) is 23.4. The fourth-order valence-electron chi connectivity index (χ4n) is 5.12. The Labute approximate surface area is 245 Å². The van der Waals surface area contributed by atoms with Crippen molar-refractivity contribution in [2.45, 2.75) is 31.5 Å². The maximum atomic E-state index is 14.2. The van der Waals surface area contributed by atoms with Gasteiger partial charge in [0.1, 0.15) is 12.1 Å². The molecule has 0 unspecified atom stereocenters. The van der Waals surface area contributed by atoms with Gasteiger partial charge >= 0.3 is 11.9 Å². The van der Waals surface area contributed by atoms with Crippen molar-refractivity contribution in [2.75, 3.05) is 20.3 Å². The molecule has 1 N–H and O–H groups in total. The minimum atomic E-state index is -4.69. The highest BCUT2D eigenvalue weighted by Gasteiger charge is 2.35. The number of nitrogens with one attached hydrogen (secondary N) is 1. The van der Waals surface area contributed by atoms with Crippen molar-refractivity contribution in [1.82, 2.24) is 34.0 Å². The summed E-state index contributed by atoms with van der Waals surface area (Å²) in [6, 6.07) is 12.0. The Hall–Kier alpha value is -4.80. The zero-order chi connectivity index (χ0) is 30.3. The predicted molar refractivity (Wildman–Crippen MR) is 154 cm³/mol. The summed E-state index contributed by atoms with van der Waals surface area (Å²) < 4.78 is 51.5. The normalized spacial score (nSPS) is 13.5. The topological polar surface area (TPSA) is 115 Å². The van der Waals surface area contributed by atoms with Gasteiger partial charge in [0.2, 0.25) is 0 Å². The first-order valence-corrected chi connectivity index (χ1v) is 13.6. The number of pyridine rings is 2. The van der Waals surface area contributed by atoms with E-state index in [2.05, 4.69) is 21.6 Å². The molecule has 1 saturated carbocycles. The number of halogens is 3. The highest BCUT2D eigenvalue weighted by molar-refractivity contribution is 5.82. The highest BCUT2D eigenvalue weighted by atomic mass is 19.4. The first kappa shape index (κ1) is 28.3. The van der Waals surface area contributed by atoms with Crippen molar-refractivity contribution in [3.8, 4) is 34.4 Å². The number of nitriles is 1. The van der Waals surface area contributed by atoms with E-state index in [9.17, 15) is 23.2 Å². The largest absolute Gasteiger partial charge is 0.418 e. The Kier molecular flexibility index (Phi) is 7.33. The lowest BCUT2D eigenvalue weighted by atomic mass is 9.96. The molecule has 10 nitrogen and oxygen atoms in total. The van der Waals surface area contributed by atoms with Crippen LogP contribution in [0.25, 0.3) is 33.8 Å². The molecule has 0 atom stereocenters. The second kappa shape index (κ2) is 11.1. The van der Waals surface area contributed by atoms with E-state index >= 15 is 0 Å². The van der Waals surface area contributed by atoms with Crippen LogP contribution >= 0.6 is 0 Å². The quantitative estimate of drug-likeness (QED) is 0.248. The molecular weight excluding hydrogens is 561 g/mol. The van der Waals surface area contributed by atoms with E-state index < -0.39 is 17.4 Å². The second-order valence-corrected chi connectivity index (χ2v) is 10.5. The molecule has 1 aliphatic carbocycles. The average molecular weight is 591 g/mol. The van der Waals surface area contributed by atoms with Crippen molar-refractivity contribution < 1.29 is 19.3 Å². The van der Waals surface area contributed by atoms with Crippen LogP contribution in [0.5, 0.6) is 0 Å². The molecule has 0 bridgehead atoms. The molecule has 0 aliphatic heterocycles. The smallest absolute Gasteiger partial charge is 0.383 e. The molecule has 13 heteroatoms. The number of aromatic nitrogens is 6. The van der Waals surface area contributed by atoms with Gasteiger partial charge < -0.3 is 14.6 Å². The van der Waals surface area contributed by atoms with Gasteiger partial charge in [-0.1, -0.05) is 6.07 Å². The lowest BCUT2D eigenvalue weighted by Crippen LogP contribution is -2.22. The third-order valence-electron chi connectivity index (χ3n) is 7.43. The summed E-state index contributed by atoms with van der Waals surface area (Å²) in [6.45, 7) is 0.967. The van der Waals surface area contributed by atoms with Crippen LogP contribution in [0.15, 0.2) is 59.9 Å². The number of ether oxygens (including phenoxy) is 1. The number of rotatable bonds is 9. The molecule has 1 aliphatic rings. The maximum absolute atomic E-state index is 14.2. The molecule has 5 aromatic rings. The number of imidazole rings is 1. The van der Waals surface area contributed by atoms with Gasteiger partial charge in [0.05, 0.1) is 29.3 Å². The van der Waals surface area contributed by atoms with E-state index in [1.54, 1.807) is 42.2 Å². The maximum Gasteiger partial charge on any atom is 0.418 e. The van der Waals surface area contributed by atoms with Crippen LogP contribution in [0.3, 0.4) is 0 Å². The molecule has 6 rings (SSSR count). The first-order chi connectivity index (χ1) is 20.7. The number of hydrogen-bond donors (Lipinski definition) is 1. The predicted octanol–water partition coefficient (Wildman–Crippen LogP) is 4.70. The zero-order valence-electron chi connectivity index (χ0n) is 23.4. The molecule has 1 aromatic carbocycles. The third kappa shape index (κ3) is 5.54. The van der Waals surface area contributed by atoms with Crippen molar-refractivity contribution >= 4 is 5.52 Å². The second-order valence-electron chi connectivity index (χ2n) is 10.5. The lowest BCUT2D eigenvalue weighted by molar-refractivity contribution is -0.136. The van der Waals surface area contributed by atoms with E-state index in [-0.39, 0.29) is 25.2 Å². The summed E-state index contributed by atoms with van der Waals surface area (Å²) in [5.74, 6) is 0.916. The Balaban J connectivity index is 0.00000384. The van der Waals surface area contributed by atoms with Gasteiger partial charge in [-0.3, -0.25) is 8.97 Å².